The molecule has 0 aromatic heterocycles. The van der Waals surface area contributed by atoms with Crippen LogP contribution in [0.15, 0.2) is 29.3 Å². The van der Waals surface area contributed by atoms with Crippen molar-refractivity contribution in [3.8, 4) is 5.75 Å². The standard InChI is InChI=1S/C16H25N3O.HI/c1-2-3-4-7-10-18-16(17)19-12-14-11-13-8-5-6-9-15(13)20-14;/h5-6,8-9,14H,2-4,7,10-12H2,1H3,(H3,17,18,19);1H. The Bertz CT molecular complexity index is 426. The van der Waals surface area contributed by atoms with Gasteiger partial charge >= 0.3 is 0 Å². The van der Waals surface area contributed by atoms with E-state index in [1.165, 1.54) is 24.8 Å². The van der Waals surface area contributed by atoms with E-state index in [-0.39, 0.29) is 30.1 Å². The van der Waals surface area contributed by atoms with Crippen LogP contribution in [0.1, 0.15) is 38.2 Å². The van der Waals surface area contributed by atoms with E-state index in [4.69, 9.17) is 10.5 Å². The quantitative estimate of drug-likeness (QED) is 0.318. The molecule has 2 rings (SSSR count). The second kappa shape index (κ2) is 9.87. The maximum Gasteiger partial charge on any atom is 0.188 e. The molecule has 1 atom stereocenters. The molecule has 1 aromatic rings. The second-order valence-corrected chi connectivity index (χ2v) is 5.27. The van der Waals surface area contributed by atoms with Crippen LogP contribution in [-0.4, -0.2) is 25.2 Å². The minimum Gasteiger partial charge on any atom is -0.488 e. The molecular weight excluding hydrogens is 377 g/mol. The number of para-hydroxylation sites is 1. The summed E-state index contributed by atoms with van der Waals surface area (Å²) in [5, 5.41) is 3.16. The zero-order valence-corrected chi connectivity index (χ0v) is 15.0. The van der Waals surface area contributed by atoms with Crippen molar-refractivity contribution in [2.75, 3.05) is 13.1 Å². The molecule has 0 fully saturated rings. The van der Waals surface area contributed by atoms with E-state index in [1.54, 1.807) is 0 Å². The molecule has 0 radical (unpaired) electrons. The molecular formula is C16H26IN3O. The first-order valence-corrected chi connectivity index (χ1v) is 7.58. The Balaban J connectivity index is 0.00000220. The third kappa shape index (κ3) is 6.11. The molecule has 1 heterocycles. The highest BCUT2D eigenvalue weighted by atomic mass is 127. The Labute approximate surface area is 144 Å². The van der Waals surface area contributed by atoms with Gasteiger partial charge < -0.3 is 15.8 Å². The van der Waals surface area contributed by atoms with Crippen LogP contribution in [0, 0.1) is 0 Å². The summed E-state index contributed by atoms with van der Waals surface area (Å²) in [4.78, 5) is 4.37. The molecule has 0 bridgehead atoms. The highest BCUT2D eigenvalue weighted by Gasteiger charge is 2.21. The molecule has 1 aromatic carbocycles. The lowest BCUT2D eigenvalue weighted by molar-refractivity contribution is 0.242. The van der Waals surface area contributed by atoms with Crippen molar-refractivity contribution in [1.82, 2.24) is 5.32 Å². The predicted octanol–water partition coefficient (Wildman–Crippen LogP) is 3.09. The van der Waals surface area contributed by atoms with Crippen LogP contribution < -0.4 is 15.8 Å². The molecule has 0 spiro atoms. The van der Waals surface area contributed by atoms with Crippen molar-refractivity contribution in [2.24, 2.45) is 10.7 Å². The van der Waals surface area contributed by atoms with Gasteiger partial charge in [0.05, 0.1) is 6.54 Å². The van der Waals surface area contributed by atoms with Gasteiger partial charge in [-0.3, -0.25) is 0 Å². The van der Waals surface area contributed by atoms with Crippen LogP contribution >= 0.6 is 24.0 Å². The molecule has 3 N–H and O–H groups in total. The molecule has 0 amide bonds. The highest BCUT2D eigenvalue weighted by Crippen LogP contribution is 2.27. The molecule has 0 saturated carbocycles. The van der Waals surface area contributed by atoms with Gasteiger partial charge in [0.1, 0.15) is 11.9 Å². The number of ether oxygens (including phenoxy) is 1. The van der Waals surface area contributed by atoms with Crippen molar-refractivity contribution in [1.29, 1.82) is 0 Å². The van der Waals surface area contributed by atoms with Gasteiger partial charge in [0, 0.05) is 13.0 Å². The number of nitrogens with two attached hydrogens (primary N) is 1. The van der Waals surface area contributed by atoms with Crippen LogP contribution in [0.4, 0.5) is 0 Å². The van der Waals surface area contributed by atoms with Gasteiger partial charge in [-0.25, -0.2) is 4.99 Å². The molecule has 5 heteroatoms. The van der Waals surface area contributed by atoms with Gasteiger partial charge in [0.25, 0.3) is 0 Å². The minimum atomic E-state index is 0. The Kier molecular flexibility index (Phi) is 8.49. The number of nitrogens with zero attached hydrogens (tertiary/aromatic N) is 1. The lowest BCUT2D eigenvalue weighted by Crippen LogP contribution is -2.33. The first-order chi connectivity index (χ1) is 9.79. The Morgan fingerprint density at radius 2 is 2.14 bits per heavy atom. The van der Waals surface area contributed by atoms with Gasteiger partial charge in [0.2, 0.25) is 0 Å². The fourth-order valence-electron chi connectivity index (χ4n) is 2.38. The Hall–Kier alpha value is -0.980. The smallest absolute Gasteiger partial charge is 0.188 e. The minimum absolute atomic E-state index is 0. The number of halogens is 1. The SMILES string of the molecule is CCCCCCNC(N)=NCC1Cc2ccccc2O1.I. The van der Waals surface area contributed by atoms with Crippen molar-refractivity contribution in [3.63, 3.8) is 0 Å². The van der Waals surface area contributed by atoms with E-state index in [1.807, 2.05) is 18.2 Å². The molecule has 0 aliphatic carbocycles. The van der Waals surface area contributed by atoms with E-state index in [0.717, 1.165) is 25.1 Å². The third-order valence-electron chi connectivity index (χ3n) is 3.52. The average molecular weight is 403 g/mol. The van der Waals surface area contributed by atoms with Crippen LogP contribution in [0.25, 0.3) is 0 Å². The zero-order chi connectivity index (χ0) is 14.2. The summed E-state index contributed by atoms with van der Waals surface area (Å²) in [6.45, 7) is 3.73. The van der Waals surface area contributed by atoms with Crippen LogP contribution in [0.2, 0.25) is 0 Å². The first-order valence-electron chi connectivity index (χ1n) is 7.58. The Morgan fingerprint density at radius 3 is 2.90 bits per heavy atom. The van der Waals surface area contributed by atoms with E-state index in [9.17, 15) is 0 Å². The predicted molar refractivity (Wildman–Crippen MR) is 98.6 cm³/mol. The zero-order valence-electron chi connectivity index (χ0n) is 12.7. The summed E-state index contributed by atoms with van der Waals surface area (Å²) >= 11 is 0. The number of guanidine groups is 1. The molecule has 1 aliphatic heterocycles. The van der Waals surface area contributed by atoms with E-state index in [2.05, 4.69) is 23.3 Å². The number of rotatable bonds is 7. The molecule has 0 saturated heterocycles. The number of nitrogens with one attached hydrogen (secondary N) is 1. The summed E-state index contributed by atoms with van der Waals surface area (Å²) in [6.07, 6.45) is 5.97. The lowest BCUT2D eigenvalue weighted by atomic mass is 10.1. The maximum atomic E-state index is 5.85. The molecule has 118 valence electrons. The number of fused-ring (bicyclic) bond motifs is 1. The van der Waals surface area contributed by atoms with Crippen LogP contribution in [0.5, 0.6) is 5.75 Å². The highest BCUT2D eigenvalue weighted by molar-refractivity contribution is 14.0. The van der Waals surface area contributed by atoms with E-state index >= 15 is 0 Å². The molecule has 1 aliphatic rings. The number of aliphatic imine (C=N–C) groups is 1. The van der Waals surface area contributed by atoms with Gasteiger partial charge in [0.15, 0.2) is 5.96 Å². The summed E-state index contributed by atoms with van der Waals surface area (Å²) < 4.78 is 5.82. The number of hydrogen-bond acceptors (Lipinski definition) is 2. The number of benzene rings is 1. The topological polar surface area (TPSA) is 59.6 Å². The summed E-state index contributed by atoms with van der Waals surface area (Å²) in [6, 6.07) is 8.15. The van der Waals surface area contributed by atoms with Gasteiger partial charge in [-0.05, 0) is 18.1 Å². The van der Waals surface area contributed by atoms with E-state index < -0.39 is 0 Å². The van der Waals surface area contributed by atoms with Crippen molar-refractivity contribution >= 4 is 29.9 Å². The molecule has 21 heavy (non-hydrogen) atoms. The maximum absolute atomic E-state index is 5.85. The average Bonchev–Trinajstić information content (AvgIpc) is 2.88. The second-order valence-electron chi connectivity index (χ2n) is 5.27. The largest absolute Gasteiger partial charge is 0.488 e. The third-order valence-corrected chi connectivity index (χ3v) is 3.52. The Morgan fingerprint density at radius 1 is 1.33 bits per heavy atom. The van der Waals surface area contributed by atoms with Crippen LogP contribution in [-0.2, 0) is 6.42 Å². The van der Waals surface area contributed by atoms with Crippen molar-refractivity contribution < 1.29 is 4.74 Å². The first kappa shape index (κ1) is 18.1. The fraction of sp³-hybridized carbons (Fsp3) is 0.562. The summed E-state index contributed by atoms with van der Waals surface area (Å²) in [7, 11) is 0. The number of unbranched alkanes of at least 4 members (excludes halogenated alkanes) is 3. The van der Waals surface area contributed by atoms with Crippen LogP contribution in [0.3, 0.4) is 0 Å². The normalized spacial score (nSPS) is 16.8. The monoisotopic (exact) mass is 403 g/mol. The van der Waals surface area contributed by atoms with E-state index in [0.29, 0.717) is 12.5 Å². The summed E-state index contributed by atoms with van der Waals surface area (Å²) in [5.41, 5.74) is 7.12. The number of hydrogen-bond donors (Lipinski definition) is 2. The molecule has 4 nitrogen and oxygen atoms in total. The van der Waals surface area contributed by atoms with Crippen molar-refractivity contribution in [2.45, 2.75) is 45.1 Å². The lowest BCUT2D eigenvalue weighted by Gasteiger charge is -2.09. The van der Waals surface area contributed by atoms with Crippen molar-refractivity contribution in [3.05, 3.63) is 29.8 Å². The van der Waals surface area contributed by atoms with Gasteiger partial charge in [-0.1, -0.05) is 44.4 Å². The summed E-state index contributed by atoms with van der Waals surface area (Å²) in [5.74, 6) is 1.51. The van der Waals surface area contributed by atoms with Gasteiger partial charge in [-0.15, -0.1) is 24.0 Å². The molecule has 1 unspecified atom stereocenters. The van der Waals surface area contributed by atoms with Gasteiger partial charge in [-0.2, -0.15) is 0 Å². The fourth-order valence-corrected chi connectivity index (χ4v) is 2.38.